The second-order valence-electron chi connectivity index (χ2n) is 8.21. The molecule has 2 fully saturated rings. The number of thioether (sulfide) groups is 1. The van der Waals surface area contributed by atoms with Gasteiger partial charge in [0.25, 0.3) is 5.24 Å². The van der Waals surface area contributed by atoms with Crippen molar-refractivity contribution in [1.29, 1.82) is 0 Å². The van der Waals surface area contributed by atoms with Gasteiger partial charge in [0.15, 0.2) is 0 Å². The van der Waals surface area contributed by atoms with E-state index in [1.165, 1.54) is 30.2 Å². The van der Waals surface area contributed by atoms with Crippen LogP contribution in [0.2, 0.25) is 0 Å². The van der Waals surface area contributed by atoms with Gasteiger partial charge in [0.1, 0.15) is 5.72 Å². The first-order chi connectivity index (χ1) is 11.8. The van der Waals surface area contributed by atoms with Crippen LogP contribution in [0, 0.1) is 0 Å². The number of carbonyl (C=O) groups excluding carboxylic acids is 1. The summed E-state index contributed by atoms with van der Waals surface area (Å²) in [6.07, 6.45) is 2.40. The summed E-state index contributed by atoms with van der Waals surface area (Å²) in [5, 5.41) is 0.138. The molecule has 1 aromatic carbocycles. The lowest BCUT2D eigenvalue weighted by Gasteiger charge is -2.37. The summed E-state index contributed by atoms with van der Waals surface area (Å²) in [7, 11) is 0. The zero-order valence-electron chi connectivity index (χ0n) is 15.8. The van der Waals surface area contributed by atoms with E-state index in [4.69, 9.17) is 4.74 Å². The van der Waals surface area contributed by atoms with Gasteiger partial charge in [-0.15, -0.1) is 0 Å². The van der Waals surface area contributed by atoms with E-state index in [9.17, 15) is 4.79 Å². The van der Waals surface area contributed by atoms with Gasteiger partial charge in [0.05, 0.1) is 12.1 Å². The zero-order valence-corrected chi connectivity index (χ0v) is 16.6. The highest BCUT2D eigenvalue weighted by Crippen LogP contribution is 2.37. The molecular formula is C20H30N2O2S. The Morgan fingerprint density at radius 3 is 2.60 bits per heavy atom. The first-order valence-electron chi connectivity index (χ1n) is 9.19. The summed E-state index contributed by atoms with van der Waals surface area (Å²) in [5.74, 6) is 0.855. The smallest absolute Gasteiger partial charge is 0.284 e. The SMILES string of the molecule is CC1(C)COC(C)(C)N1C(=O)SC[C@@H]1CCCN1Cc1ccccc1. The summed E-state index contributed by atoms with van der Waals surface area (Å²) in [6, 6.07) is 11.1. The molecule has 25 heavy (non-hydrogen) atoms. The molecule has 5 heteroatoms. The van der Waals surface area contributed by atoms with Crippen LogP contribution in [0.1, 0.15) is 46.1 Å². The summed E-state index contributed by atoms with van der Waals surface area (Å²) < 4.78 is 5.84. The number of carbonyl (C=O) groups is 1. The highest BCUT2D eigenvalue weighted by atomic mass is 32.2. The van der Waals surface area contributed by atoms with Gasteiger partial charge >= 0.3 is 0 Å². The summed E-state index contributed by atoms with van der Waals surface area (Å²) in [4.78, 5) is 17.3. The number of benzene rings is 1. The van der Waals surface area contributed by atoms with Gasteiger partial charge in [-0.25, -0.2) is 0 Å². The minimum atomic E-state index is -0.521. The van der Waals surface area contributed by atoms with Crippen molar-refractivity contribution in [1.82, 2.24) is 9.80 Å². The Hall–Kier alpha value is -1.04. The topological polar surface area (TPSA) is 32.8 Å². The molecule has 1 amide bonds. The van der Waals surface area contributed by atoms with Gasteiger partial charge in [0, 0.05) is 18.3 Å². The molecule has 0 saturated carbocycles. The van der Waals surface area contributed by atoms with E-state index < -0.39 is 5.72 Å². The monoisotopic (exact) mass is 362 g/mol. The van der Waals surface area contributed by atoms with Crippen LogP contribution in [0.5, 0.6) is 0 Å². The molecule has 3 rings (SSSR count). The highest BCUT2D eigenvalue weighted by Gasteiger charge is 2.48. The van der Waals surface area contributed by atoms with Crippen molar-refractivity contribution in [2.24, 2.45) is 0 Å². The minimum Gasteiger partial charge on any atom is -0.354 e. The molecule has 1 aromatic rings. The van der Waals surface area contributed by atoms with Crippen molar-refractivity contribution in [3.63, 3.8) is 0 Å². The average Bonchev–Trinajstić information content (AvgIpc) is 3.07. The van der Waals surface area contributed by atoms with E-state index in [2.05, 4.69) is 49.1 Å². The predicted molar refractivity (Wildman–Crippen MR) is 104 cm³/mol. The van der Waals surface area contributed by atoms with E-state index in [0.717, 1.165) is 18.8 Å². The van der Waals surface area contributed by atoms with Gasteiger partial charge in [-0.1, -0.05) is 42.1 Å². The van der Waals surface area contributed by atoms with Crippen molar-refractivity contribution in [2.45, 2.75) is 64.4 Å². The fourth-order valence-electron chi connectivity index (χ4n) is 4.02. The Kier molecular flexibility index (Phi) is 5.47. The maximum absolute atomic E-state index is 12.9. The molecule has 2 aliphatic rings. The number of ether oxygens (including phenoxy) is 1. The zero-order chi connectivity index (χ0) is 18.1. The van der Waals surface area contributed by atoms with Gasteiger partial charge in [0.2, 0.25) is 0 Å². The van der Waals surface area contributed by atoms with Crippen LogP contribution >= 0.6 is 11.8 Å². The number of nitrogens with zero attached hydrogens (tertiary/aromatic N) is 2. The maximum atomic E-state index is 12.9. The molecular weight excluding hydrogens is 332 g/mol. The Morgan fingerprint density at radius 1 is 1.24 bits per heavy atom. The lowest BCUT2D eigenvalue weighted by Crippen LogP contribution is -2.51. The summed E-state index contributed by atoms with van der Waals surface area (Å²) in [6.45, 7) is 10.8. The van der Waals surface area contributed by atoms with E-state index in [1.54, 1.807) is 0 Å². The molecule has 0 aromatic heterocycles. The third-order valence-corrected chi connectivity index (χ3v) is 6.21. The van der Waals surface area contributed by atoms with E-state index in [1.807, 2.05) is 18.7 Å². The van der Waals surface area contributed by atoms with Crippen molar-refractivity contribution in [3.8, 4) is 0 Å². The molecule has 4 nitrogen and oxygen atoms in total. The number of amides is 1. The molecule has 0 radical (unpaired) electrons. The fourth-order valence-corrected chi connectivity index (χ4v) is 5.33. The molecule has 1 atom stereocenters. The van der Waals surface area contributed by atoms with Crippen LogP contribution in [0.4, 0.5) is 4.79 Å². The first-order valence-corrected chi connectivity index (χ1v) is 10.2. The molecule has 0 bridgehead atoms. The van der Waals surface area contributed by atoms with Crippen LogP contribution in [0.15, 0.2) is 30.3 Å². The Bertz CT molecular complexity index is 587. The van der Waals surface area contributed by atoms with E-state index >= 15 is 0 Å². The molecule has 2 heterocycles. The van der Waals surface area contributed by atoms with Gasteiger partial charge in [-0.05, 0) is 52.6 Å². The summed E-state index contributed by atoms with van der Waals surface area (Å²) in [5.41, 5.74) is 0.584. The van der Waals surface area contributed by atoms with Crippen LogP contribution < -0.4 is 0 Å². The van der Waals surface area contributed by atoms with Crippen LogP contribution in [-0.2, 0) is 11.3 Å². The number of hydrogen-bond acceptors (Lipinski definition) is 4. The summed E-state index contributed by atoms with van der Waals surface area (Å²) >= 11 is 1.46. The van der Waals surface area contributed by atoms with Crippen LogP contribution in [-0.4, -0.2) is 51.2 Å². The third kappa shape index (κ3) is 4.21. The van der Waals surface area contributed by atoms with Crippen molar-refractivity contribution in [3.05, 3.63) is 35.9 Å². The average molecular weight is 363 g/mol. The highest BCUT2D eigenvalue weighted by molar-refractivity contribution is 8.13. The Labute approximate surface area is 155 Å². The fraction of sp³-hybridized carbons (Fsp3) is 0.650. The molecule has 2 aliphatic heterocycles. The van der Waals surface area contributed by atoms with E-state index in [-0.39, 0.29) is 10.8 Å². The number of likely N-dealkylation sites (tertiary alicyclic amines) is 1. The first kappa shape index (κ1) is 18.7. The Balaban J connectivity index is 1.58. The van der Waals surface area contributed by atoms with Gasteiger partial charge in [-0.3, -0.25) is 14.6 Å². The molecule has 0 N–H and O–H groups in total. The molecule has 0 spiro atoms. The largest absolute Gasteiger partial charge is 0.354 e. The standard InChI is InChI=1S/C20H30N2O2S/c1-19(2)15-24-20(3,4)22(19)18(23)25-14-17-11-8-12-21(17)13-16-9-6-5-7-10-16/h5-7,9-10,17H,8,11-15H2,1-4H3/t17-/m0/s1. The molecule has 2 saturated heterocycles. The number of rotatable bonds is 4. The third-order valence-electron chi connectivity index (χ3n) is 5.23. The number of hydrogen-bond donors (Lipinski definition) is 0. The maximum Gasteiger partial charge on any atom is 0.284 e. The lowest BCUT2D eigenvalue weighted by molar-refractivity contribution is -0.0298. The normalized spacial score (nSPS) is 25.4. The molecule has 0 unspecified atom stereocenters. The molecule has 0 aliphatic carbocycles. The van der Waals surface area contributed by atoms with Gasteiger partial charge in [-0.2, -0.15) is 0 Å². The Morgan fingerprint density at radius 2 is 1.96 bits per heavy atom. The lowest BCUT2D eigenvalue weighted by atomic mass is 10.1. The van der Waals surface area contributed by atoms with Crippen LogP contribution in [0.25, 0.3) is 0 Å². The quantitative estimate of drug-likeness (QED) is 0.797. The minimum absolute atomic E-state index is 0.138. The van der Waals surface area contributed by atoms with Crippen molar-refractivity contribution < 1.29 is 9.53 Å². The second kappa shape index (κ2) is 7.29. The van der Waals surface area contributed by atoms with Crippen LogP contribution in [0.3, 0.4) is 0 Å². The molecule has 138 valence electrons. The van der Waals surface area contributed by atoms with Gasteiger partial charge < -0.3 is 4.74 Å². The van der Waals surface area contributed by atoms with E-state index in [0.29, 0.717) is 12.6 Å². The second-order valence-corrected chi connectivity index (χ2v) is 9.18. The van der Waals surface area contributed by atoms with Crippen molar-refractivity contribution >= 4 is 17.0 Å². The predicted octanol–water partition coefficient (Wildman–Crippen LogP) is 4.35. The van der Waals surface area contributed by atoms with Crippen molar-refractivity contribution in [2.75, 3.05) is 18.9 Å².